The molecule has 0 bridgehead atoms. The summed E-state index contributed by atoms with van der Waals surface area (Å²) in [4.78, 5) is 18.7. The lowest BCUT2D eigenvalue weighted by molar-refractivity contribution is -0.0622. The highest BCUT2D eigenvalue weighted by Crippen LogP contribution is 2.36. The first kappa shape index (κ1) is 24.2. The Morgan fingerprint density at radius 3 is 2.62 bits per heavy atom. The van der Waals surface area contributed by atoms with E-state index in [2.05, 4.69) is 9.88 Å². The standard InChI is InChI=1S/C27H30F2N2O3/c1-2-33-27(32)25-8-4-7-23(30-25)18-31-15-13-24(14-16-31)34-26(19-9-11-21(28)12-10-19)20-5-3-6-22(29)17-20/h3-4,6-12,17,20,24,26H,2,5,13-16,18H2,1H3. The summed E-state index contributed by atoms with van der Waals surface area (Å²) in [7, 11) is 0. The van der Waals surface area contributed by atoms with Crippen LogP contribution in [0.5, 0.6) is 0 Å². The molecule has 4 rings (SSSR count). The zero-order valence-corrected chi connectivity index (χ0v) is 19.3. The van der Waals surface area contributed by atoms with Crippen LogP contribution in [0.25, 0.3) is 0 Å². The van der Waals surface area contributed by atoms with Crippen LogP contribution in [0.3, 0.4) is 0 Å². The molecule has 1 aliphatic heterocycles. The molecule has 1 aliphatic carbocycles. The molecule has 2 heterocycles. The van der Waals surface area contributed by atoms with Crippen molar-refractivity contribution in [1.29, 1.82) is 0 Å². The first-order chi connectivity index (χ1) is 16.5. The van der Waals surface area contributed by atoms with Crippen LogP contribution in [0.1, 0.15) is 54.0 Å². The van der Waals surface area contributed by atoms with Crippen molar-refractivity contribution >= 4 is 5.97 Å². The van der Waals surface area contributed by atoms with Gasteiger partial charge < -0.3 is 9.47 Å². The topological polar surface area (TPSA) is 51.7 Å². The third kappa shape index (κ3) is 6.36. The number of likely N-dealkylation sites (tertiary alicyclic amines) is 1. The lowest BCUT2D eigenvalue weighted by Gasteiger charge is -2.36. The van der Waals surface area contributed by atoms with E-state index in [-0.39, 0.29) is 29.8 Å². The summed E-state index contributed by atoms with van der Waals surface area (Å²) in [5.74, 6) is -1.12. The molecule has 2 unspecified atom stereocenters. The summed E-state index contributed by atoms with van der Waals surface area (Å²) in [6.45, 7) is 4.37. The van der Waals surface area contributed by atoms with Crippen LogP contribution in [0.2, 0.25) is 0 Å². The number of hydrogen-bond donors (Lipinski definition) is 0. The van der Waals surface area contributed by atoms with Gasteiger partial charge in [0.1, 0.15) is 17.3 Å². The van der Waals surface area contributed by atoms with Gasteiger partial charge in [-0.15, -0.1) is 0 Å². The van der Waals surface area contributed by atoms with Gasteiger partial charge >= 0.3 is 5.97 Å². The van der Waals surface area contributed by atoms with Gasteiger partial charge in [0.25, 0.3) is 0 Å². The summed E-state index contributed by atoms with van der Waals surface area (Å²) in [5.41, 5.74) is 2.00. The van der Waals surface area contributed by atoms with Crippen LogP contribution in [0.15, 0.2) is 66.5 Å². The number of carbonyl (C=O) groups excluding carboxylic acids is 1. The number of piperidine rings is 1. The van der Waals surface area contributed by atoms with Crippen LogP contribution in [-0.4, -0.2) is 41.7 Å². The predicted molar refractivity (Wildman–Crippen MR) is 125 cm³/mol. The molecule has 0 radical (unpaired) electrons. The van der Waals surface area contributed by atoms with Gasteiger partial charge in [0, 0.05) is 25.6 Å². The molecule has 2 atom stereocenters. The van der Waals surface area contributed by atoms with Crippen LogP contribution in [0, 0.1) is 11.7 Å². The van der Waals surface area contributed by atoms with Crippen molar-refractivity contribution in [2.24, 2.45) is 5.92 Å². The molecule has 0 spiro atoms. The Balaban J connectivity index is 1.37. The summed E-state index contributed by atoms with van der Waals surface area (Å²) < 4.78 is 39.0. The maximum Gasteiger partial charge on any atom is 0.356 e. The summed E-state index contributed by atoms with van der Waals surface area (Å²) in [5, 5.41) is 0. The quantitative estimate of drug-likeness (QED) is 0.476. The van der Waals surface area contributed by atoms with E-state index < -0.39 is 5.97 Å². The van der Waals surface area contributed by atoms with Crippen molar-refractivity contribution in [2.75, 3.05) is 19.7 Å². The number of aromatic nitrogens is 1. The summed E-state index contributed by atoms with van der Waals surface area (Å²) >= 11 is 0. The minimum atomic E-state index is -0.411. The minimum Gasteiger partial charge on any atom is -0.461 e. The predicted octanol–water partition coefficient (Wildman–Crippen LogP) is 5.55. The van der Waals surface area contributed by atoms with Gasteiger partial charge in [-0.1, -0.05) is 24.3 Å². The van der Waals surface area contributed by atoms with Gasteiger partial charge in [-0.25, -0.2) is 18.6 Å². The molecule has 2 aliphatic rings. The Morgan fingerprint density at radius 1 is 1.15 bits per heavy atom. The second kappa shape index (κ2) is 11.5. The second-order valence-corrected chi connectivity index (χ2v) is 8.67. The van der Waals surface area contributed by atoms with Crippen molar-refractivity contribution in [1.82, 2.24) is 9.88 Å². The second-order valence-electron chi connectivity index (χ2n) is 8.67. The number of ether oxygens (including phenoxy) is 2. The van der Waals surface area contributed by atoms with Gasteiger partial charge in [0.05, 0.1) is 24.5 Å². The molecule has 0 N–H and O–H groups in total. The van der Waals surface area contributed by atoms with Crippen LogP contribution in [-0.2, 0) is 16.0 Å². The largest absolute Gasteiger partial charge is 0.461 e. The Hall–Kier alpha value is -2.90. The molecule has 1 aromatic carbocycles. The number of nitrogens with zero attached hydrogens (tertiary/aromatic N) is 2. The molecule has 7 heteroatoms. The van der Waals surface area contributed by atoms with Crippen LogP contribution >= 0.6 is 0 Å². The van der Waals surface area contributed by atoms with E-state index in [9.17, 15) is 13.6 Å². The molecule has 1 fully saturated rings. The number of allylic oxidation sites excluding steroid dienone is 3. The van der Waals surface area contributed by atoms with Crippen molar-refractivity contribution in [2.45, 2.75) is 44.9 Å². The smallest absolute Gasteiger partial charge is 0.356 e. The van der Waals surface area contributed by atoms with Crippen molar-refractivity contribution in [3.8, 4) is 0 Å². The van der Waals surface area contributed by atoms with E-state index in [1.807, 2.05) is 18.2 Å². The number of pyridine rings is 1. The Bertz CT molecular complexity index is 1030. The fraction of sp³-hybridized carbons (Fsp3) is 0.407. The van der Waals surface area contributed by atoms with Crippen molar-refractivity contribution in [3.05, 3.63) is 89.3 Å². The highest BCUT2D eigenvalue weighted by atomic mass is 19.1. The first-order valence-corrected chi connectivity index (χ1v) is 11.8. The number of rotatable bonds is 8. The van der Waals surface area contributed by atoms with E-state index >= 15 is 0 Å². The zero-order chi connectivity index (χ0) is 23.9. The average molecular weight is 469 g/mol. The third-order valence-corrected chi connectivity index (χ3v) is 6.20. The van der Waals surface area contributed by atoms with E-state index in [1.54, 1.807) is 31.2 Å². The molecule has 5 nitrogen and oxygen atoms in total. The van der Waals surface area contributed by atoms with Crippen LogP contribution < -0.4 is 0 Å². The Kier molecular flexibility index (Phi) is 8.19. The molecular formula is C27H30F2N2O3. The van der Waals surface area contributed by atoms with Crippen LogP contribution in [0.4, 0.5) is 8.78 Å². The number of benzene rings is 1. The first-order valence-electron chi connectivity index (χ1n) is 11.8. The SMILES string of the molecule is CCOC(=O)c1cccc(CN2CCC(OC(c3ccc(F)cc3)C3C=C(F)C=CC3)CC2)n1. The van der Waals surface area contributed by atoms with Gasteiger partial charge in [-0.3, -0.25) is 4.90 Å². The van der Waals surface area contributed by atoms with E-state index in [0.717, 1.165) is 37.2 Å². The van der Waals surface area contributed by atoms with Gasteiger partial charge in [-0.05, 0) is 68.2 Å². The highest BCUT2D eigenvalue weighted by Gasteiger charge is 2.29. The molecule has 1 saturated heterocycles. The minimum absolute atomic E-state index is 0.0208. The number of hydrogen-bond acceptors (Lipinski definition) is 5. The van der Waals surface area contributed by atoms with Gasteiger partial charge in [0.15, 0.2) is 0 Å². The number of esters is 1. The maximum atomic E-state index is 13.9. The number of halogens is 2. The molecule has 34 heavy (non-hydrogen) atoms. The number of carbonyl (C=O) groups is 1. The normalized spacial score (nSPS) is 20.1. The van der Waals surface area contributed by atoms with E-state index in [1.165, 1.54) is 18.2 Å². The average Bonchev–Trinajstić information content (AvgIpc) is 2.84. The summed E-state index contributed by atoms with van der Waals surface area (Å²) in [6.07, 6.45) is 6.90. The fourth-order valence-corrected chi connectivity index (χ4v) is 4.48. The molecule has 0 saturated carbocycles. The highest BCUT2D eigenvalue weighted by molar-refractivity contribution is 5.87. The molecule has 1 aromatic heterocycles. The molecular weight excluding hydrogens is 438 g/mol. The molecule has 2 aromatic rings. The zero-order valence-electron chi connectivity index (χ0n) is 19.3. The Labute approximate surface area is 199 Å². The van der Waals surface area contributed by atoms with Gasteiger partial charge in [0.2, 0.25) is 0 Å². The van der Waals surface area contributed by atoms with E-state index in [0.29, 0.717) is 25.3 Å². The fourth-order valence-electron chi connectivity index (χ4n) is 4.48. The summed E-state index contributed by atoms with van der Waals surface area (Å²) in [6, 6.07) is 11.7. The molecule has 180 valence electrons. The maximum absolute atomic E-state index is 13.9. The lowest BCUT2D eigenvalue weighted by atomic mass is 9.89. The molecule has 0 amide bonds. The van der Waals surface area contributed by atoms with Gasteiger partial charge in [-0.2, -0.15) is 0 Å². The van der Waals surface area contributed by atoms with Crippen molar-refractivity contribution < 1.29 is 23.0 Å². The monoisotopic (exact) mass is 468 g/mol. The van der Waals surface area contributed by atoms with Crippen molar-refractivity contribution in [3.63, 3.8) is 0 Å². The third-order valence-electron chi connectivity index (χ3n) is 6.20. The Morgan fingerprint density at radius 2 is 1.91 bits per heavy atom. The van der Waals surface area contributed by atoms with E-state index in [4.69, 9.17) is 9.47 Å². The lowest BCUT2D eigenvalue weighted by Crippen LogP contribution is -2.38.